The van der Waals surface area contributed by atoms with Crippen molar-refractivity contribution in [3.05, 3.63) is 70.6 Å². The smallest absolute Gasteiger partial charge is 0.248 e. The average molecular weight is 334 g/mol. The Labute approximate surface area is 147 Å². The Bertz CT molecular complexity index is 821. The topological polar surface area (TPSA) is 56.7 Å². The van der Waals surface area contributed by atoms with Gasteiger partial charge < -0.3 is 15.5 Å². The van der Waals surface area contributed by atoms with Crippen molar-refractivity contribution in [3.63, 3.8) is 0 Å². The Hall–Kier alpha value is -2.66. The minimum absolute atomic E-state index is 0.0166. The molecule has 4 rings (SSSR count). The van der Waals surface area contributed by atoms with Crippen LogP contribution in [0.3, 0.4) is 0 Å². The number of amides is 1. The fourth-order valence-electron chi connectivity index (χ4n) is 3.54. The number of allylic oxidation sites excluding steroid dienone is 5. The molecule has 0 saturated carbocycles. The molecule has 5 heteroatoms. The summed E-state index contributed by atoms with van der Waals surface area (Å²) in [6.07, 6.45) is 16.1. The summed E-state index contributed by atoms with van der Waals surface area (Å²) < 4.78 is 0. The molecule has 0 aromatic carbocycles. The largest absolute Gasteiger partial charge is 0.373 e. The standard InChI is InChI=1S/C20H22N4O/c1-24(2)11-10-22-20(25)16-12-15-13-6-3-4-8-17(13)23-19(15)18-14(16)7-5-9-21-18/h3-9,12,14,17,23H,10-11H2,1-2H3,(H,22,25). The van der Waals surface area contributed by atoms with Gasteiger partial charge in [-0.2, -0.15) is 0 Å². The zero-order chi connectivity index (χ0) is 17.4. The monoisotopic (exact) mass is 334 g/mol. The third-order valence-electron chi connectivity index (χ3n) is 4.80. The van der Waals surface area contributed by atoms with Gasteiger partial charge in [-0.25, -0.2) is 0 Å². The summed E-state index contributed by atoms with van der Waals surface area (Å²) in [4.78, 5) is 19.4. The number of fused-ring (bicyclic) bond motifs is 3. The molecule has 5 nitrogen and oxygen atoms in total. The van der Waals surface area contributed by atoms with Gasteiger partial charge in [-0.3, -0.25) is 9.79 Å². The van der Waals surface area contributed by atoms with Gasteiger partial charge in [-0.05, 0) is 31.8 Å². The van der Waals surface area contributed by atoms with Crippen LogP contribution < -0.4 is 10.6 Å². The number of hydrogen-bond acceptors (Lipinski definition) is 4. The molecule has 2 heterocycles. The van der Waals surface area contributed by atoms with E-state index in [1.54, 1.807) is 6.21 Å². The number of rotatable bonds is 4. The van der Waals surface area contributed by atoms with Crippen LogP contribution in [-0.2, 0) is 4.79 Å². The zero-order valence-electron chi connectivity index (χ0n) is 14.5. The van der Waals surface area contributed by atoms with Crippen molar-refractivity contribution in [1.82, 2.24) is 15.5 Å². The Kier molecular flexibility index (Phi) is 4.01. The lowest BCUT2D eigenvalue weighted by atomic mass is 9.83. The van der Waals surface area contributed by atoms with Crippen LogP contribution in [0.15, 0.2) is 75.6 Å². The van der Waals surface area contributed by atoms with Crippen molar-refractivity contribution in [2.24, 2.45) is 10.9 Å². The molecule has 25 heavy (non-hydrogen) atoms. The number of likely N-dealkylation sites (N-methyl/N-ethyl adjacent to an activating group) is 1. The van der Waals surface area contributed by atoms with E-state index in [4.69, 9.17) is 0 Å². The summed E-state index contributed by atoms with van der Waals surface area (Å²) in [7, 11) is 4.00. The maximum absolute atomic E-state index is 12.8. The van der Waals surface area contributed by atoms with E-state index in [9.17, 15) is 4.79 Å². The van der Waals surface area contributed by atoms with Crippen LogP contribution in [-0.4, -0.2) is 50.2 Å². The van der Waals surface area contributed by atoms with Gasteiger partial charge in [0.25, 0.3) is 0 Å². The lowest BCUT2D eigenvalue weighted by molar-refractivity contribution is -0.117. The fourth-order valence-corrected chi connectivity index (χ4v) is 3.54. The number of hydrogen-bond donors (Lipinski definition) is 2. The molecule has 0 radical (unpaired) electrons. The molecule has 0 fully saturated rings. The van der Waals surface area contributed by atoms with Crippen molar-refractivity contribution in [2.45, 2.75) is 6.04 Å². The molecule has 0 aromatic heterocycles. The third kappa shape index (κ3) is 2.81. The lowest BCUT2D eigenvalue weighted by Crippen LogP contribution is -2.35. The van der Waals surface area contributed by atoms with Crippen molar-refractivity contribution in [1.29, 1.82) is 0 Å². The summed E-state index contributed by atoms with van der Waals surface area (Å²) in [6.45, 7) is 1.45. The first-order valence-electron chi connectivity index (χ1n) is 8.60. The number of nitrogens with zero attached hydrogens (tertiary/aromatic N) is 2. The van der Waals surface area contributed by atoms with Gasteiger partial charge in [0, 0.05) is 30.5 Å². The molecule has 0 bridgehead atoms. The van der Waals surface area contributed by atoms with E-state index in [1.807, 2.05) is 44.5 Å². The predicted octanol–water partition coefficient (Wildman–Crippen LogP) is 1.47. The number of carbonyl (C=O) groups excluding carboxylic acids is 1. The predicted molar refractivity (Wildman–Crippen MR) is 100 cm³/mol. The fraction of sp³-hybridized carbons (Fsp3) is 0.300. The van der Waals surface area contributed by atoms with E-state index in [0.717, 1.165) is 29.1 Å². The van der Waals surface area contributed by atoms with Crippen LogP contribution in [0.5, 0.6) is 0 Å². The molecule has 0 saturated heterocycles. The first-order chi connectivity index (χ1) is 12.1. The molecular weight excluding hydrogens is 312 g/mol. The molecule has 2 N–H and O–H groups in total. The van der Waals surface area contributed by atoms with Crippen molar-refractivity contribution < 1.29 is 4.79 Å². The molecule has 128 valence electrons. The van der Waals surface area contributed by atoms with Crippen molar-refractivity contribution >= 4 is 12.1 Å². The summed E-state index contributed by atoms with van der Waals surface area (Å²) in [5, 5.41) is 6.58. The van der Waals surface area contributed by atoms with Crippen LogP contribution >= 0.6 is 0 Å². The Balaban J connectivity index is 1.69. The molecule has 0 aromatic rings. The van der Waals surface area contributed by atoms with Gasteiger partial charge in [0.05, 0.1) is 23.4 Å². The van der Waals surface area contributed by atoms with Gasteiger partial charge in [0.2, 0.25) is 5.91 Å². The van der Waals surface area contributed by atoms with Crippen LogP contribution in [0.1, 0.15) is 0 Å². The summed E-state index contributed by atoms with van der Waals surface area (Å²) in [6, 6.07) is 0.164. The van der Waals surface area contributed by atoms with E-state index in [2.05, 4.69) is 32.7 Å². The Morgan fingerprint density at radius 1 is 1.28 bits per heavy atom. The highest BCUT2D eigenvalue weighted by Gasteiger charge is 2.37. The first-order valence-corrected chi connectivity index (χ1v) is 8.60. The highest BCUT2D eigenvalue weighted by molar-refractivity contribution is 5.97. The molecule has 1 amide bonds. The van der Waals surface area contributed by atoms with Gasteiger partial charge in [0.15, 0.2) is 0 Å². The Morgan fingerprint density at radius 2 is 2.16 bits per heavy atom. The number of dihydropyridines is 1. The van der Waals surface area contributed by atoms with E-state index in [1.165, 1.54) is 5.57 Å². The van der Waals surface area contributed by atoms with Gasteiger partial charge in [0.1, 0.15) is 0 Å². The number of nitrogens with one attached hydrogen (secondary N) is 2. The molecule has 0 spiro atoms. The van der Waals surface area contributed by atoms with E-state index >= 15 is 0 Å². The lowest BCUT2D eigenvalue weighted by Gasteiger charge is -2.26. The summed E-state index contributed by atoms with van der Waals surface area (Å²) in [5.74, 6) is -0.110. The molecule has 2 atom stereocenters. The maximum Gasteiger partial charge on any atom is 0.248 e. The van der Waals surface area contributed by atoms with E-state index in [0.29, 0.717) is 6.54 Å². The number of aliphatic imine (C=N–C) groups is 1. The van der Waals surface area contributed by atoms with E-state index < -0.39 is 0 Å². The SMILES string of the molecule is CN(C)CCNC(=O)C1=CC2=C3C=CC=CC3NC2=C2N=CC=CC12. The quantitative estimate of drug-likeness (QED) is 0.818. The van der Waals surface area contributed by atoms with Crippen LogP contribution in [0.25, 0.3) is 0 Å². The third-order valence-corrected chi connectivity index (χ3v) is 4.80. The minimum atomic E-state index is -0.0932. The number of carbonyl (C=O) groups is 1. The first kappa shape index (κ1) is 15.8. The molecular formula is C20H22N4O. The molecule has 2 aliphatic carbocycles. The van der Waals surface area contributed by atoms with Crippen LogP contribution in [0.4, 0.5) is 0 Å². The van der Waals surface area contributed by atoms with Crippen molar-refractivity contribution in [3.8, 4) is 0 Å². The maximum atomic E-state index is 12.8. The highest BCUT2D eigenvalue weighted by atomic mass is 16.1. The van der Waals surface area contributed by atoms with Gasteiger partial charge in [-0.1, -0.05) is 30.4 Å². The van der Waals surface area contributed by atoms with Crippen molar-refractivity contribution in [2.75, 3.05) is 27.2 Å². The second-order valence-corrected chi connectivity index (χ2v) is 6.79. The van der Waals surface area contributed by atoms with Crippen LogP contribution in [0, 0.1) is 5.92 Å². The molecule has 2 aliphatic heterocycles. The average Bonchev–Trinajstić information content (AvgIpc) is 2.99. The summed E-state index contributed by atoms with van der Waals surface area (Å²) in [5.41, 5.74) is 5.03. The Morgan fingerprint density at radius 3 is 3.00 bits per heavy atom. The molecule has 2 unspecified atom stereocenters. The van der Waals surface area contributed by atoms with Gasteiger partial charge >= 0.3 is 0 Å². The van der Waals surface area contributed by atoms with Gasteiger partial charge in [-0.15, -0.1) is 0 Å². The second-order valence-electron chi connectivity index (χ2n) is 6.79. The minimum Gasteiger partial charge on any atom is -0.373 e. The van der Waals surface area contributed by atoms with Crippen LogP contribution in [0.2, 0.25) is 0 Å². The summed E-state index contributed by atoms with van der Waals surface area (Å²) >= 11 is 0. The second kappa shape index (κ2) is 6.33. The molecule has 4 aliphatic rings. The van der Waals surface area contributed by atoms with E-state index in [-0.39, 0.29) is 17.9 Å². The highest BCUT2D eigenvalue weighted by Crippen LogP contribution is 2.41. The normalized spacial score (nSPS) is 25.6. The zero-order valence-corrected chi connectivity index (χ0v) is 14.5.